The van der Waals surface area contributed by atoms with Gasteiger partial charge in [-0.3, -0.25) is 4.57 Å². The molecule has 8 heteroatoms. The molecule has 1 atom stereocenters. The summed E-state index contributed by atoms with van der Waals surface area (Å²) in [5, 5.41) is 0. The van der Waals surface area contributed by atoms with E-state index >= 15 is 0 Å². The summed E-state index contributed by atoms with van der Waals surface area (Å²) in [5.74, 6) is -0.139. The zero-order valence-corrected chi connectivity index (χ0v) is 15.5. The third-order valence-electron chi connectivity index (χ3n) is 2.27. The standard InChI is InChI=1S/C13H23N2O3PS2/c1-5-8-20-19(16,18-7-3)21-10-12-9-13(17-6-2)15-11(4)14-12/h9H,5-8,10H2,1-4H3. The fourth-order valence-electron chi connectivity index (χ4n) is 1.51. The van der Waals surface area contributed by atoms with E-state index in [0.29, 0.717) is 30.7 Å². The van der Waals surface area contributed by atoms with Gasteiger partial charge in [0.25, 0.3) is 0 Å². The Balaban J connectivity index is 2.72. The second-order valence-electron chi connectivity index (χ2n) is 4.15. The lowest BCUT2D eigenvalue weighted by Crippen LogP contribution is -2.00. The summed E-state index contributed by atoms with van der Waals surface area (Å²) in [4.78, 5) is 8.57. The van der Waals surface area contributed by atoms with Crippen LogP contribution in [0.3, 0.4) is 0 Å². The van der Waals surface area contributed by atoms with E-state index < -0.39 is 5.77 Å². The highest BCUT2D eigenvalue weighted by molar-refractivity contribution is 8.89. The molecule has 1 unspecified atom stereocenters. The molecule has 0 radical (unpaired) electrons. The highest BCUT2D eigenvalue weighted by Crippen LogP contribution is 2.70. The summed E-state index contributed by atoms with van der Waals surface area (Å²) in [7, 11) is 0. The number of rotatable bonds is 10. The van der Waals surface area contributed by atoms with Gasteiger partial charge in [-0.2, -0.15) is 4.98 Å². The van der Waals surface area contributed by atoms with Gasteiger partial charge in [0.2, 0.25) is 5.88 Å². The topological polar surface area (TPSA) is 61.3 Å². The van der Waals surface area contributed by atoms with E-state index in [2.05, 4.69) is 16.9 Å². The van der Waals surface area contributed by atoms with Crippen molar-refractivity contribution in [3.8, 4) is 5.88 Å². The van der Waals surface area contributed by atoms with Crippen LogP contribution in [0, 0.1) is 6.92 Å². The molecular formula is C13H23N2O3PS2. The minimum absolute atomic E-state index is 0.452. The molecule has 120 valence electrons. The molecule has 1 aromatic rings. The Morgan fingerprint density at radius 1 is 1.19 bits per heavy atom. The molecule has 0 aromatic carbocycles. The lowest BCUT2D eigenvalue weighted by Gasteiger charge is -2.15. The highest BCUT2D eigenvalue weighted by atomic mass is 33.1. The van der Waals surface area contributed by atoms with E-state index in [1.54, 1.807) is 6.07 Å². The minimum atomic E-state index is -2.71. The van der Waals surface area contributed by atoms with Crippen molar-refractivity contribution in [1.29, 1.82) is 0 Å². The van der Waals surface area contributed by atoms with Crippen LogP contribution < -0.4 is 4.74 Å². The zero-order valence-electron chi connectivity index (χ0n) is 13.0. The molecule has 0 amide bonds. The van der Waals surface area contributed by atoms with Crippen LogP contribution in [0.25, 0.3) is 0 Å². The largest absolute Gasteiger partial charge is 0.478 e. The van der Waals surface area contributed by atoms with Gasteiger partial charge in [0, 0.05) is 17.6 Å². The number of hydrogen-bond donors (Lipinski definition) is 0. The van der Waals surface area contributed by atoms with Crippen LogP contribution in [0.2, 0.25) is 0 Å². The second kappa shape index (κ2) is 9.72. The van der Waals surface area contributed by atoms with Gasteiger partial charge < -0.3 is 9.26 Å². The predicted octanol–water partition coefficient (Wildman–Crippen LogP) is 4.70. The minimum Gasteiger partial charge on any atom is -0.478 e. The Bertz CT molecular complexity index is 488. The molecule has 0 saturated heterocycles. The van der Waals surface area contributed by atoms with Gasteiger partial charge >= 0.3 is 5.77 Å². The number of hydrogen-bond acceptors (Lipinski definition) is 7. The molecule has 0 aliphatic rings. The Kier molecular flexibility index (Phi) is 8.71. The summed E-state index contributed by atoms with van der Waals surface area (Å²) in [6.45, 7) is 8.68. The van der Waals surface area contributed by atoms with Gasteiger partial charge in [0.15, 0.2) is 0 Å². The SMILES string of the molecule is CCCSP(=O)(OCC)SCc1cc(OCC)nc(C)n1. The summed E-state index contributed by atoms with van der Waals surface area (Å²) in [5.41, 5.74) is 0.813. The van der Waals surface area contributed by atoms with Crippen molar-refractivity contribution in [2.24, 2.45) is 0 Å². The fraction of sp³-hybridized carbons (Fsp3) is 0.692. The molecule has 0 aliphatic carbocycles. The van der Waals surface area contributed by atoms with Crippen LogP contribution in [0.4, 0.5) is 0 Å². The smallest absolute Gasteiger partial charge is 0.313 e. The molecule has 0 aliphatic heterocycles. The van der Waals surface area contributed by atoms with Crippen molar-refractivity contribution in [1.82, 2.24) is 9.97 Å². The second-order valence-corrected chi connectivity index (χ2v) is 11.6. The molecule has 0 fully saturated rings. The summed E-state index contributed by atoms with van der Waals surface area (Å²) in [6, 6.07) is 1.80. The van der Waals surface area contributed by atoms with E-state index in [0.717, 1.165) is 17.9 Å². The quantitative estimate of drug-likeness (QED) is 0.567. The van der Waals surface area contributed by atoms with Gasteiger partial charge in [-0.1, -0.05) is 29.7 Å². The predicted molar refractivity (Wildman–Crippen MR) is 91.2 cm³/mol. The maximum absolute atomic E-state index is 12.7. The van der Waals surface area contributed by atoms with Crippen LogP contribution in [-0.4, -0.2) is 28.9 Å². The van der Waals surface area contributed by atoms with Gasteiger partial charge in [0.05, 0.1) is 18.9 Å². The molecule has 0 N–H and O–H groups in total. The van der Waals surface area contributed by atoms with Crippen LogP contribution in [0.15, 0.2) is 6.07 Å². The van der Waals surface area contributed by atoms with Gasteiger partial charge in [-0.15, -0.1) is 0 Å². The zero-order chi connectivity index (χ0) is 15.7. The van der Waals surface area contributed by atoms with Crippen molar-refractivity contribution in [2.45, 2.75) is 39.9 Å². The first kappa shape index (κ1) is 18.8. The van der Waals surface area contributed by atoms with Crippen molar-refractivity contribution in [3.63, 3.8) is 0 Å². The highest BCUT2D eigenvalue weighted by Gasteiger charge is 2.24. The van der Waals surface area contributed by atoms with Gasteiger partial charge in [-0.05, 0) is 27.2 Å². The Labute approximate surface area is 135 Å². The van der Waals surface area contributed by atoms with Crippen molar-refractivity contribution in [3.05, 3.63) is 17.6 Å². The third-order valence-corrected chi connectivity index (χ3v) is 9.86. The van der Waals surface area contributed by atoms with Gasteiger partial charge in [0.1, 0.15) is 5.82 Å². The summed E-state index contributed by atoms with van der Waals surface area (Å²) in [6.07, 6.45) is 0.976. The molecule has 0 saturated carbocycles. The van der Waals surface area contributed by atoms with E-state index in [9.17, 15) is 4.57 Å². The molecule has 1 rings (SSSR count). The van der Waals surface area contributed by atoms with Crippen LogP contribution in [-0.2, 0) is 14.8 Å². The monoisotopic (exact) mass is 350 g/mol. The van der Waals surface area contributed by atoms with Crippen LogP contribution in [0.5, 0.6) is 5.88 Å². The third kappa shape index (κ3) is 7.04. The summed E-state index contributed by atoms with van der Waals surface area (Å²) < 4.78 is 23.5. The average Bonchev–Trinajstić information content (AvgIpc) is 2.43. The molecule has 1 heterocycles. The normalized spacial score (nSPS) is 13.9. The van der Waals surface area contributed by atoms with Gasteiger partial charge in [-0.25, -0.2) is 4.98 Å². The molecule has 0 spiro atoms. The Hall–Kier alpha value is -0.230. The number of aryl methyl sites for hydroxylation is 1. The van der Waals surface area contributed by atoms with Crippen molar-refractivity contribution >= 4 is 28.5 Å². The van der Waals surface area contributed by atoms with E-state index in [-0.39, 0.29) is 0 Å². The van der Waals surface area contributed by atoms with Crippen molar-refractivity contribution in [2.75, 3.05) is 19.0 Å². The van der Waals surface area contributed by atoms with Crippen LogP contribution in [0.1, 0.15) is 38.7 Å². The lowest BCUT2D eigenvalue weighted by molar-refractivity contribution is 0.325. The molecular weight excluding hydrogens is 327 g/mol. The van der Waals surface area contributed by atoms with E-state index in [1.165, 1.54) is 22.8 Å². The number of aromatic nitrogens is 2. The Morgan fingerprint density at radius 3 is 2.57 bits per heavy atom. The van der Waals surface area contributed by atoms with E-state index in [1.807, 2.05) is 20.8 Å². The first-order valence-electron chi connectivity index (χ1n) is 7.04. The van der Waals surface area contributed by atoms with Crippen molar-refractivity contribution < 1.29 is 13.8 Å². The van der Waals surface area contributed by atoms with Crippen LogP contribution >= 0.6 is 28.5 Å². The maximum Gasteiger partial charge on any atom is 0.313 e. The number of nitrogens with zero attached hydrogens (tertiary/aromatic N) is 2. The lowest BCUT2D eigenvalue weighted by atomic mass is 10.4. The molecule has 1 aromatic heterocycles. The first-order valence-corrected chi connectivity index (χ1v) is 11.8. The van der Waals surface area contributed by atoms with E-state index in [4.69, 9.17) is 9.26 Å². The molecule has 5 nitrogen and oxygen atoms in total. The maximum atomic E-state index is 12.7. The molecule has 0 bridgehead atoms. The Morgan fingerprint density at radius 2 is 1.95 bits per heavy atom. The number of ether oxygens (including phenoxy) is 1. The summed E-state index contributed by atoms with van der Waals surface area (Å²) >= 11 is 2.74. The molecule has 21 heavy (non-hydrogen) atoms. The average molecular weight is 350 g/mol. The fourth-order valence-corrected chi connectivity index (χ4v) is 8.11. The first-order chi connectivity index (χ1) is 10.0.